The quantitative estimate of drug-likeness (QED) is 0.406. The largest absolute Gasteiger partial charge is 0.353 e. The topological polar surface area (TPSA) is 15.8 Å². The van der Waals surface area contributed by atoms with Crippen molar-refractivity contribution in [3.05, 3.63) is 60.2 Å². The summed E-state index contributed by atoms with van der Waals surface area (Å²) in [5.74, 6) is 0. The summed E-state index contributed by atoms with van der Waals surface area (Å²) in [5, 5.41) is 0. The molecule has 108 valence electrons. The predicted octanol–water partition coefficient (Wildman–Crippen LogP) is 3.80. The van der Waals surface area contributed by atoms with Crippen LogP contribution in [-0.2, 0) is 11.2 Å². The van der Waals surface area contributed by atoms with Crippen molar-refractivity contribution in [1.82, 2.24) is 4.90 Å². The molecule has 2 rings (SSSR count). The van der Waals surface area contributed by atoms with Crippen LogP contribution in [0.3, 0.4) is 0 Å². The average molecular weight is 271 g/mol. The van der Waals surface area contributed by atoms with Crippen LogP contribution in [0, 0.1) is 0 Å². The summed E-state index contributed by atoms with van der Waals surface area (Å²) in [6.07, 6.45) is 12.9. The zero-order chi connectivity index (χ0) is 14.2. The van der Waals surface area contributed by atoms with Gasteiger partial charge in [-0.1, -0.05) is 54.6 Å². The molecule has 2 nitrogen and oxygen atoms in total. The summed E-state index contributed by atoms with van der Waals surface area (Å²) in [5.41, 5.74) is 1.43. The van der Waals surface area contributed by atoms with E-state index in [9.17, 15) is 0 Å². The van der Waals surface area contributed by atoms with E-state index >= 15 is 0 Å². The monoisotopic (exact) mass is 271 g/mol. The van der Waals surface area contributed by atoms with E-state index < -0.39 is 0 Å². The predicted molar refractivity (Wildman–Crippen MR) is 84.6 cm³/mol. The highest BCUT2D eigenvalue weighted by Crippen LogP contribution is 2.23. The maximum Gasteiger partial charge on any atom is 0.137 e. The van der Waals surface area contributed by atoms with Gasteiger partial charge in [-0.2, -0.15) is 0 Å². The van der Waals surface area contributed by atoms with Crippen LogP contribution < -0.4 is 0 Å². The number of allylic oxidation sites excluding steroid dienone is 3. The number of rotatable bonds is 8. The molecule has 0 N–H and O–H groups in total. The molecular formula is C18H25NO. The van der Waals surface area contributed by atoms with Gasteiger partial charge in [0.2, 0.25) is 0 Å². The number of likely N-dealkylation sites (N-methyl/N-ethyl adjacent to an activating group) is 1. The number of nitrogens with zero attached hydrogens (tertiary/aromatic N) is 1. The van der Waals surface area contributed by atoms with Crippen molar-refractivity contribution in [2.24, 2.45) is 0 Å². The highest BCUT2D eigenvalue weighted by molar-refractivity contribution is 5.14. The summed E-state index contributed by atoms with van der Waals surface area (Å²) < 4.78 is 5.40. The van der Waals surface area contributed by atoms with Crippen LogP contribution >= 0.6 is 0 Å². The van der Waals surface area contributed by atoms with Crippen LogP contribution in [0.25, 0.3) is 0 Å². The van der Waals surface area contributed by atoms with Crippen LogP contribution in [0.4, 0.5) is 0 Å². The van der Waals surface area contributed by atoms with Crippen LogP contribution in [0.5, 0.6) is 0 Å². The molecular weight excluding hydrogens is 246 g/mol. The molecule has 1 aliphatic heterocycles. The molecule has 2 heteroatoms. The van der Waals surface area contributed by atoms with Crippen molar-refractivity contribution in [3.63, 3.8) is 0 Å². The number of hydrogen-bond donors (Lipinski definition) is 0. The van der Waals surface area contributed by atoms with Gasteiger partial charge in [-0.05, 0) is 38.8 Å². The third-order valence-corrected chi connectivity index (χ3v) is 3.57. The van der Waals surface area contributed by atoms with E-state index in [4.69, 9.17) is 4.74 Å². The number of unbranched alkanes of at least 4 members (excludes halogenated alkanes) is 1. The zero-order valence-electron chi connectivity index (χ0n) is 12.5. The first-order valence-corrected chi connectivity index (χ1v) is 7.48. The van der Waals surface area contributed by atoms with Gasteiger partial charge in [0, 0.05) is 6.54 Å². The standard InChI is InChI=1S/C18H25NO/c1-16-18(20-16)19(2)15-11-6-4-3-5-8-12-17-13-9-7-10-14-17/h3-4,6-7,9-11,13-14,16,18H,5,8,12,15H2,1-2H3/b4-3+,11-6+. The Morgan fingerprint density at radius 3 is 2.55 bits per heavy atom. The number of aryl methyl sites for hydroxylation is 1. The molecule has 2 unspecified atom stereocenters. The highest BCUT2D eigenvalue weighted by atomic mass is 16.6. The zero-order valence-corrected chi connectivity index (χ0v) is 12.5. The normalized spacial score (nSPS) is 22.1. The maximum atomic E-state index is 5.40. The van der Waals surface area contributed by atoms with Crippen molar-refractivity contribution in [1.29, 1.82) is 0 Å². The molecule has 0 radical (unpaired) electrons. The molecule has 0 spiro atoms. The molecule has 0 amide bonds. The molecule has 1 aromatic rings. The van der Waals surface area contributed by atoms with E-state index in [2.05, 4.69) is 73.5 Å². The van der Waals surface area contributed by atoms with Crippen LogP contribution in [0.1, 0.15) is 25.3 Å². The van der Waals surface area contributed by atoms with E-state index in [0.29, 0.717) is 12.3 Å². The molecule has 0 aliphatic carbocycles. The van der Waals surface area contributed by atoms with Gasteiger partial charge < -0.3 is 4.74 Å². The molecule has 0 aromatic heterocycles. The van der Waals surface area contributed by atoms with E-state index in [1.54, 1.807) is 0 Å². The molecule has 1 saturated heterocycles. The average Bonchev–Trinajstić information content (AvgIpc) is 3.20. The van der Waals surface area contributed by atoms with Gasteiger partial charge in [0.25, 0.3) is 0 Å². The lowest BCUT2D eigenvalue weighted by Gasteiger charge is -2.09. The summed E-state index contributed by atoms with van der Waals surface area (Å²) in [6, 6.07) is 10.7. The third kappa shape index (κ3) is 5.32. The second-order valence-electron chi connectivity index (χ2n) is 5.41. The highest BCUT2D eigenvalue weighted by Gasteiger charge is 2.37. The fourth-order valence-corrected chi connectivity index (χ4v) is 2.29. The second kappa shape index (κ2) is 8.03. The maximum absolute atomic E-state index is 5.40. The summed E-state index contributed by atoms with van der Waals surface area (Å²) in [4.78, 5) is 2.23. The van der Waals surface area contributed by atoms with Gasteiger partial charge in [0.05, 0.1) is 6.10 Å². The SMILES string of the molecule is CC1OC1N(C)C/C=C/C=C/CCCc1ccccc1. The Bertz CT molecular complexity index is 438. The van der Waals surface area contributed by atoms with E-state index in [1.165, 1.54) is 12.0 Å². The number of hydrogen-bond acceptors (Lipinski definition) is 2. The Hall–Kier alpha value is -1.38. The number of ether oxygens (including phenoxy) is 1. The Kier molecular flexibility index (Phi) is 6.03. The van der Waals surface area contributed by atoms with Gasteiger partial charge >= 0.3 is 0 Å². The lowest BCUT2D eigenvalue weighted by molar-refractivity contribution is 0.227. The summed E-state index contributed by atoms with van der Waals surface area (Å²) >= 11 is 0. The van der Waals surface area contributed by atoms with Crippen molar-refractivity contribution >= 4 is 0 Å². The van der Waals surface area contributed by atoms with Gasteiger partial charge in [0.1, 0.15) is 6.23 Å². The minimum absolute atomic E-state index is 0.328. The molecule has 1 fully saturated rings. The van der Waals surface area contributed by atoms with Crippen molar-refractivity contribution in [2.75, 3.05) is 13.6 Å². The summed E-state index contributed by atoms with van der Waals surface area (Å²) in [6.45, 7) is 3.06. The van der Waals surface area contributed by atoms with Gasteiger partial charge in [0.15, 0.2) is 0 Å². The van der Waals surface area contributed by atoms with Gasteiger partial charge in [-0.25, -0.2) is 0 Å². The lowest BCUT2D eigenvalue weighted by atomic mass is 10.1. The van der Waals surface area contributed by atoms with E-state index in [0.717, 1.165) is 19.4 Å². The molecule has 1 heterocycles. The number of epoxide rings is 1. The van der Waals surface area contributed by atoms with E-state index in [1.807, 2.05) is 0 Å². The van der Waals surface area contributed by atoms with E-state index in [-0.39, 0.29) is 0 Å². The first kappa shape index (κ1) is 15.0. The Balaban J connectivity index is 1.53. The minimum Gasteiger partial charge on any atom is -0.353 e. The molecule has 1 aromatic carbocycles. The second-order valence-corrected chi connectivity index (χ2v) is 5.41. The molecule has 2 atom stereocenters. The Morgan fingerprint density at radius 1 is 1.15 bits per heavy atom. The van der Waals surface area contributed by atoms with Crippen molar-refractivity contribution < 1.29 is 4.74 Å². The number of benzene rings is 1. The van der Waals surface area contributed by atoms with Gasteiger partial charge in [-0.15, -0.1) is 0 Å². The Morgan fingerprint density at radius 2 is 1.85 bits per heavy atom. The molecule has 0 bridgehead atoms. The third-order valence-electron chi connectivity index (χ3n) is 3.57. The molecule has 0 saturated carbocycles. The minimum atomic E-state index is 0.328. The van der Waals surface area contributed by atoms with Crippen LogP contribution in [0.2, 0.25) is 0 Å². The molecule has 20 heavy (non-hydrogen) atoms. The summed E-state index contributed by atoms with van der Waals surface area (Å²) in [7, 11) is 2.10. The van der Waals surface area contributed by atoms with Crippen LogP contribution in [0.15, 0.2) is 54.6 Å². The first-order chi connectivity index (χ1) is 9.77. The van der Waals surface area contributed by atoms with Crippen molar-refractivity contribution in [3.8, 4) is 0 Å². The van der Waals surface area contributed by atoms with Gasteiger partial charge in [-0.3, -0.25) is 4.90 Å². The lowest BCUT2D eigenvalue weighted by Crippen LogP contribution is -2.22. The fraction of sp³-hybridized carbons (Fsp3) is 0.444. The van der Waals surface area contributed by atoms with Crippen LogP contribution in [-0.4, -0.2) is 30.8 Å². The van der Waals surface area contributed by atoms with Crippen molar-refractivity contribution in [2.45, 2.75) is 38.5 Å². The fourth-order valence-electron chi connectivity index (χ4n) is 2.29. The molecule has 1 aliphatic rings. The first-order valence-electron chi connectivity index (χ1n) is 7.48. The smallest absolute Gasteiger partial charge is 0.137 e. The Labute approximate surface area is 122 Å².